The molecular formula is AlCaFeO5Si+2. The maximum atomic E-state index is 8.58. The maximum absolute atomic E-state index is 8.58. The van der Waals surface area contributed by atoms with Gasteiger partial charge in [-0.1, -0.05) is 0 Å². The van der Waals surface area contributed by atoms with Gasteiger partial charge in [-0.15, -0.1) is 0 Å². The van der Waals surface area contributed by atoms with Crippen LogP contribution in [0.25, 0.3) is 0 Å². The van der Waals surface area contributed by atoms with E-state index in [1.54, 1.807) is 0 Å². The minimum atomic E-state index is -5.61. The van der Waals surface area contributed by atoms with Crippen molar-refractivity contribution in [1.82, 2.24) is 0 Å². The van der Waals surface area contributed by atoms with E-state index in [0.29, 0.717) is 0 Å². The van der Waals surface area contributed by atoms with Gasteiger partial charge in [0, 0.05) is 0 Å². The molecule has 0 aromatic carbocycles. The molecular weight excluding hydrogens is 231 g/mol. The fraction of sp³-hybridized carbons (Fsp3) is 0. The first kappa shape index (κ1) is 30.2. The molecule has 0 heterocycles. The second-order valence-corrected chi connectivity index (χ2v) is 1.50. The fourth-order valence-corrected chi connectivity index (χ4v) is 0. The largest absolute Gasteiger partial charge is 3.00 e. The molecule has 0 amide bonds. The molecule has 0 saturated heterocycles. The summed E-state index contributed by atoms with van der Waals surface area (Å²) in [6.07, 6.45) is 0. The number of rotatable bonds is 0. The molecule has 0 N–H and O–H groups in total. The van der Waals surface area contributed by atoms with Gasteiger partial charge in [-0.05, 0) is 0 Å². The standard InChI is InChI=1S/Al.Ca.Fe.O4Si.O/c;;;1-5(2,3)4;/q+3;+2;+3;-4;-2. The zero-order valence-electron chi connectivity index (χ0n) is 4.18. The van der Waals surface area contributed by atoms with E-state index in [-0.39, 0.29) is 77.6 Å². The first-order chi connectivity index (χ1) is 2.00. The summed E-state index contributed by atoms with van der Waals surface area (Å²) >= 11 is 0. The van der Waals surface area contributed by atoms with E-state index in [1.807, 2.05) is 0 Å². The second-order valence-electron chi connectivity index (χ2n) is 0.500. The van der Waals surface area contributed by atoms with E-state index in [2.05, 4.69) is 0 Å². The molecule has 1 radical (unpaired) electrons. The summed E-state index contributed by atoms with van der Waals surface area (Å²) in [5, 5.41) is 0. The smallest absolute Gasteiger partial charge is 2.00 e. The van der Waals surface area contributed by atoms with Crippen LogP contribution in [0, 0.1) is 0 Å². The molecule has 9 heavy (non-hydrogen) atoms. The molecule has 0 rings (SSSR count). The third kappa shape index (κ3) is 132. The molecule has 0 aromatic rings. The van der Waals surface area contributed by atoms with Crippen LogP contribution in [0.5, 0.6) is 0 Å². The van der Waals surface area contributed by atoms with E-state index in [9.17, 15) is 0 Å². The Labute approximate surface area is 104 Å². The summed E-state index contributed by atoms with van der Waals surface area (Å²) in [6.45, 7) is 0. The molecule has 0 unspecified atom stereocenters. The average molecular weight is 231 g/mol. The Morgan fingerprint density at radius 3 is 0.889 bits per heavy atom. The van der Waals surface area contributed by atoms with E-state index in [4.69, 9.17) is 19.2 Å². The molecule has 0 fully saturated rings. The Balaban J connectivity index is -0.0000000133. The average Bonchev–Trinajstić information content (AvgIpc) is 0.722. The van der Waals surface area contributed by atoms with Gasteiger partial charge in [0.2, 0.25) is 0 Å². The summed E-state index contributed by atoms with van der Waals surface area (Å²) in [5.74, 6) is 0. The second kappa shape index (κ2) is 13.0. The molecule has 0 aliphatic carbocycles. The molecule has 0 saturated carbocycles. The van der Waals surface area contributed by atoms with Crippen LogP contribution in [0.3, 0.4) is 0 Å². The quantitative estimate of drug-likeness (QED) is 0.385. The van der Waals surface area contributed by atoms with Crippen LogP contribution >= 0.6 is 0 Å². The Kier molecular flexibility index (Phi) is 43.4. The molecule has 45 valence electrons. The van der Waals surface area contributed by atoms with Crippen LogP contribution < -0.4 is 19.2 Å². The first-order valence-electron chi connectivity index (χ1n) is 0.816. The third-order valence-corrected chi connectivity index (χ3v) is 0. The summed E-state index contributed by atoms with van der Waals surface area (Å²) < 4.78 is 0. The number of hydrogen-bond donors (Lipinski definition) is 0. The van der Waals surface area contributed by atoms with Gasteiger partial charge in [0.05, 0.1) is 0 Å². The van der Waals surface area contributed by atoms with Crippen LogP contribution in [0.1, 0.15) is 0 Å². The number of hydrogen-bond acceptors (Lipinski definition) is 4. The molecule has 0 atom stereocenters. The molecule has 9 heteroatoms. The van der Waals surface area contributed by atoms with Crippen molar-refractivity contribution in [3.8, 4) is 0 Å². The van der Waals surface area contributed by atoms with Crippen LogP contribution in [0.2, 0.25) is 0 Å². The van der Waals surface area contributed by atoms with Gasteiger partial charge in [0.15, 0.2) is 0 Å². The molecule has 0 aliphatic rings. The van der Waals surface area contributed by atoms with Gasteiger partial charge in [-0.25, -0.2) is 0 Å². The predicted molar refractivity (Wildman–Crippen MR) is 17.9 cm³/mol. The van der Waals surface area contributed by atoms with Crippen LogP contribution in [-0.2, 0) is 22.5 Å². The van der Waals surface area contributed by atoms with Gasteiger partial charge < -0.3 is 33.7 Å². The topological polar surface area (TPSA) is 121 Å². The normalized spacial score (nSPS) is 6.67. The van der Waals surface area contributed by atoms with Crippen LogP contribution in [0.15, 0.2) is 0 Å². The fourth-order valence-electron chi connectivity index (χ4n) is 0. The Hall–Kier alpha value is 2.33. The molecule has 0 spiro atoms. The van der Waals surface area contributed by atoms with Gasteiger partial charge in [0.25, 0.3) is 0 Å². The van der Waals surface area contributed by atoms with Crippen molar-refractivity contribution in [1.29, 1.82) is 0 Å². The van der Waals surface area contributed by atoms with Crippen LogP contribution in [-0.4, -0.2) is 64.1 Å². The Morgan fingerprint density at radius 1 is 0.889 bits per heavy atom. The first-order valence-corrected chi connectivity index (χ1v) is 2.45. The Bertz CT molecular complexity index is 32.4. The maximum Gasteiger partial charge on any atom is 3.00 e. The summed E-state index contributed by atoms with van der Waals surface area (Å²) in [6, 6.07) is 0. The zero-order chi connectivity index (χ0) is 4.50. The molecule has 0 aliphatic heterocycles. The van der Waals surface area contributed by atoms with E-state index in [0.717, 1.165) is 0 Å². The van der Waals surface area contributed by atoms with E-state index >= 15 is 0 Å². The predicted octanol–water partition coefficient (Wildman–Crippen LogP) is -6.02. The van der Waals surface area contributed by atoms with Crippen molar-refractivity contribution in [3.05, 3.63) is 0 Å². The van der Waals surface area contributed by atoms with Crippen molar-refractivity contribution < 1.29 is 41.7 Å². The SMILES string of the molecule is [Al+3].[Ca+2].[Fe+3].[O-2].[O-][Si]([O-])([O-])[O-]. The minimum absolute atomic E-state index is 0. The van der Waals surface area contributed by atoms with Crippen molar-refractivity contribution in [2.24, 2.45) is 0 Å². The minimum Gasteiger partial charge on any atom is -2.00 e. The van der Waals surface area contributed by atoms with Gasteiger partial charge in [0.1, 0.15) is 0 Å². The van der Waals surface area contributed by atoms with E-state index < -0.39 is 9.05 Å². The summed E-state index contributed by atoms with van der Waals surface area (Å²) in [4.78, 5) is 34.3. The molecule has 0 bridgehead atoms. The molecule has 5 nitrogen and oxygen atoms in total. The van der Waals surface area contributed by atoms with Crippen molar-refractivity contribution in [2.75, 3.05) is 0 Å². The van der Waals surface area contributed by atoms with Crippen molar-refractivity contribution >= 4 is 64.1 Å². The molecule has 0 aromatic heterocycles. The van der Waals surface area contributed by atoms with Gasteiger partial charge in [-0.3, -0.25) is 0 Å². The Morgan fingerprint density at radius 2 is 0.889 bits per heavy atom. The zero-order valence-corrected chi connectivity index (χ0v) is 9.65. The van der Waals surface area contributed by atoms with Crippen molar-refractivity contribution in [2.45, 2.75) is 0 Å². The van der Waals surface area contributed by atoms with Crippen molar-refractivity contribution in [3.63, 3.8) is 0 Å². The summed E-state index contributed by atoms with van der Waals surface area (Å²) in [5.41, 5.74) is 0. The van der Waals surface area contributed by atoms with Gasteiger partial charge in [-0.2, -0.15) is 0 Å². The van der Waals surface area contributed by atoms with Crippen LogP contribution in [0.4, 0.5) is 0 Å². The monoisotopic (exact) mass is 231 g/mol. The van der Waals surface area contributed by atoms with E-state index in [1.165, 1.54) is 0 Å². The van der Waals surface area contributed by atoms with Gasteiger partial charge >= 0.3 is 72.2 Å². The third-order valence-electron chi connectivity index (χ3n) is 0. The summed E-state index contributed by atoms with van der Waals surface area (Å²) in [7, 11) is -5.61.